The van der Waals surface area contributed by atoms with Crippen molar-refractivity contribution in [1.82, 2.24) is 9.97 Å². The summed E-state index contributed by atoms with van der Waals surface area (Å²) in [5.74, 6) is -1.10. The predicted molar refractivity (Wildman–Crippen MR) is 151 cm³/mol. The van der Waals surface area contributed by atoms with Crippen LogP contribution in [0, 0.1) is 6.92 Å². The van der Waals surface area contributed by atoms with Gasteiger partial charge in [0.25, 0.3) is 5.78 Å². The molecule has 39 heavy (non-hydrogen) atoms. The lowest BCUT2D eigenvalue weighted by molar-refractivity contribution is -0.132. The van der Waals surface area contributed by atoms with Crippen molar-refractivity contribution in [2.75, 3.05) is 4.90 Å². The number of nitrogens with zero attached hydrogens (tertiary/aromatic N) is 3. The van der Waals surface area contributed by atoms with E-state index in [0.29, 0.717) is 28.6 Å². The summed E-state index contributed by atoms with van der Waals surface area (Å²) in [6, 6.07) is 25.2. The van der Waals surface area contributed by atoms with Crippen LogP contribution in [-0.4, -0.2) is 26.8 Å². The van der Waals surface area contributed by atoms with E-state index in [9.17, 15) is 14.7 Å². The second-order valence-electron chi connectivity index (χ2n) is 9.17. The first kappa shape index (κ1) is 24.5. The summed E-state index contributed by atoms with van der Waals surface area (Å²) in [7, 11) is 0. The van der Waals surface area contributed by atoms with Crippen molar-refractivity contribution in [1.29, 1.82) is 0 Å². The van der Waals surface area contributed by atoms with Crippen molar-refractivity contribution in [3.8, 4) is 5.75 Å². The first-order valence-corrected chi connectivity index (χ1v) is 13.2. The molecule has 7 nitrogen and oxygen atoms in total. The number of ether oxygens (including phenoxy) is 1. The first-order valence-electron chi connectivity index (χ1n) is 12.4. The fraction of sp³-hybridized carbons (Fsp3) is 0.0968. The Balaban J connectivity index is 1.41. The number of pyridine rings is 1. The van der Waals surface area contributed by atoms with Crippen LogP contribution in [0.2, 0.25) is 0 Å². The molecule has 1 atom stereocenters. The number of ketones is 1. The average Bonchev–Trinajstić information content (AvgIpc) is 3.51. The number of aromatic nitrogens is 2. The van der Waals surface area contributed by atoms with Gasteiger partial charge < -0.3 is 9.84 Å². The molecule has 6 rings (SSSR count). The normalized spacial score (nSPS) is 16.6. The van der Waals surface area contributed by atoms with Crippen LogP contribution in [0.3, 0.4) is 0 Å². The number of aliphatic hydroxyl groups excluding tert-OH is 1. The lowest BCUT2D eigenvalue weighted by Gasteiger charge is -2.22. The third kappa shape index (κ3) is 4.55. The minimum atomic E-state index is -0.858. The maximum atomic E-state index is 13.4. The lowest BCUT2D eigenvalue weighted by atomic mass is 9.95. The Morgan fingerprint density at radius 1 is 0.974 bits per heavy atom. The highest BCUT2D eigenvalue weighted by molar-refractivity contribution is 7.22. The second-order valence-corrected chi connectivity index (χ2v) is 10.2. The van der Waals surface area contributed by atoms with E-state index in [1.165, 1.54) is 16.2 Å². The summed E-state index contributed by atoms with van der Waals surface area (Å²) >= 11 is 1.32. The molecule has 1 N–H and O–H groups in total. The number of aliphatic hydroxyl groups is 1. The number of aryl methyl sites for hydroxylation is 1. The van der Waals surface area contributed by atoms with Crippen LogP contribution in [-0.2, 0) is 16.2 Å². The van der Waals surface area contributed by atoms with Crippen molar-refractivity contribution in [2.24, 2.45) is 0 Å². The lowest BCUT2D eigenvalue weighted by Crippen LogP contribution is -2.29. The maximum absolute atomic E-state index is 13.4. The van der Waals surface area contributed by atoms with Gasteiger partial charge in [0, 0.05) is 18.0 Å². The number of thiazole rings is 1. The third-order valence-corrected chi connectivity index (χ3v) is 7.68. The number of fused-ring (bicyclic) bond motifs is 1. The number of para-hydroxylation sites is 1. The first-order chi connectivity index (χ1) is 19.0. The Kier molecular flexibility index (Phi) is 6.38. The van der Waals surface area contributed by atoms with E-state index in [4.69, 9.17) is 4.74 Å². The fourth-order valence-corrected chi connectivity index (χ4v) is 5.70. The highest BCUT2D eigenvalue weighted by atomic mass is 32.1. The third-order valence-electron chi connectivity index (χ3n) is 6.64. The summed E-state index contributed by atoms with van der Waals surface area (Å²) in [5.41, 5.74) is 3.62. The highest BCUT2D eigenvalue weighted by Gasteiger charge is 2.48. The largest absolute Gasteiger partial charge is 0.507 e. The Morgan fingerprint density at radius 3 is 2.46 bits per heavy atom. The SMILES string of the molecule is Cc1cc(/C(O)=C2\C(=O)C(=O)N(c3nc4ccccc4s3)C2c2ccncc2)ccc1OCc1ccccc1. The molecule has 1 fully saturated rings. The molecule has 0 saturated carbocycles. The summed E-state index contributed by atoms with van der Waals surface area (Å²) in [4.78, 5) is 36.9. The van der Waals surface area contributed by atoms with Crippen LogP contribution in [0.25, 0.3) is 16.0 Å². The molecule has 1 unspecified atom stereocenters. The number of hydrogen-bond acceptors (Lipinski definition) is 7. The van der Waals surface area contributed by atoms with Crippen molar-refractivity contribution < 1.29 is 19.4 Å². The molecule has 8 heteroatoms. The van der Waals surface area contributed by atoms with E-state index in [1.807, 2.05) is 61.5 Å². The molecule has 2 aromatic heterocycles. The molecule has 3 aromatic carbocycles. The second kappa shape index (κ2) is 10.2. The predicted octanol–water partition coefficient (Wildman–Crippen LogP) is 6.21. The zero-order valence-electron chi connectivity index (χ0n) is 20.9. The standard InChI is InChI=1S/C31H23N3O4S/c1-19-17-22(11-12-24(19)38-18-20-7-3-2-4-8-20)28(35)26-27(21-13-15-32-16-14-21)34(30(37)29(26)36)31-33-23-9-5-6-10-25(23)39-31/h2-17,27,35H,18H2,1H3/b28-26+. The van der Waals surface area contributed by atoms with E-state index in [-0.39, 0.29) is 11.3 Å². The van der Waals surface area contributed by atoms with Gasteiger partial charge in [-0.3, -0.25) is 19.5 Å². The van der Waals surface area contributed by atoms with Gasteiger partial charge in [-0.2, -0.15) is 0 Å². The van der Waals surface area contributed by atoms with Crippen molar-refractivity contribution in [3.63, 3.8) is 0 Å². The van der Waals surface area contributed by atoms with Crippen LogP contribution in [0.1, 0.15) is 28.3 Å². The minimum Gasteiger partial charge on any atom is -0.507 e. The van der Waals surface area contributed by atoms with Gasteiger partial charge in [0.2, 0.25) is 0 Å². The quantitative estimate of drug-likeness (QED) is 0.159. The molecule has 0 spiro atoms. The summed E-state index contributed by atoms with van der Waals surface area (Å²) in [6.45, 7) is 2.28. The van der Waals surface area contributed by atoms with Crippen LogP contribution < -0.4 is 9.64 Å². The van der Waals surface area contributed by atoms with Gasteiger partial charge in [-0.05, 0) is 66.1 Å². The van der Waals surface area contributed by atoms with Crippen molar-refractivity contribution >= 4 is 44.1 Å². The number of rotatable bonds is 6. The van der Waals surface area contributed by atoms with E-state index in [0.717, 1.165) is 21.3 Å². The van der Waals surface area contributed by atoms with Gasteiger partial charge in [-0.25, -0.2) is 4.98 Å². The van der Waals surface area contributed by atoms with Gasteiger partial charge >= 0.3 is 5.91 Å². The molecule has 0 radical (unpaired) electrons. The summed E-state index contributed by atoms with van der Waals surface area (Å²) < 4.78 is 6.87. The van der Waals surface area contributed by atoms with E-state index in [1.54, 1.807) is 42.7 Å². The molecule has 0 aliphatic carbocycles. The number of hydrogen-bond donors (Lipinski definition) is 1. The molecule has 1 aliphatic rings. The van der Waals surface area contributed by atoms with Crippen molar-refractivity contribution in [2.45, 2.75) is 19.6 Å². The van der Waals surface area contributed by atoms with Gasteiger partial charge in [0.05, 0.1) is 21.8 Å². The van der Waals surface area contributed by atoms with Gasteiger partial charge in [-0.1, -0.05) is 53.8 Å². The topological polar surface area (TPSA) is 92.6 Å². The molecule has 1 amide bonds. The van der Waals surface area contributed by atoms with Crippen LogP contribution in [0.5, 0.6) is 5.75 Å². The minimum absolute atomic E-state index is 0.00260. The number of carbonyl (C=O) groups excluding carboxylic acids is 2. The van der Waals surface area contributed by atoms with Crippen molar-refractivity contribution in [3.05, 3.63) is 125 Å². The maximum Gasteiger partial charge on any atom is 0.301 e. The Labute approximate surface area is 228 Å². The average molecular weight is 534 g/mol. The summed E-state index contributed by atoms with van der Waals surface area (Å²) in [6.07, 6.45) is 3.19. The number of amides is 1. The molecule has 1 aliphatic heterocycles. The van der Waals surface area contributed by atoms with E-state index < -0.39 is 17.7 Å². The fourth-order valence-electron chi connectivity index (χ4n) is 4.70. The summed E-state index contributed by atoms with van der Waals surface area (Å²) in [5, 5.41) is 11.9. The van der Waals surface area contributed by atoms with E-state index in [2.05, 4.69) is 9.97 Å². The number of anilines is 1. The molecule has 0 bridgehead atoms. The van der Waals surface area contributed by atoms with Crippen LogP contribution in [0.4, 0.5) is 5.13 Å². The molecule has 5 aromatic rings. The highest BCUT2D eigenvalue weighted by Crippen LogP contribution is 2.44. The monoisotopic (exact) mass is 533 g/mol. The Bertz CT molecular complexity index is 1700. The van der Waals surface area contributed by atoms with Gasteiger partial charge in [-0.15, -0.1) is 0 Å². The number of benzene rings is 3. The smallest absolute Gasteiger partial charge is 0.301 e. The van der Waals surface area contributed by atoms with E-state index >= 15 is 0 Å². The molecular formula is C31H23N3O4S. The Hall–Kier alpha value is -4.82. The van der Waals surface area contributed by atoms with Crippen LogP contribution >= 0.6 is 11.3 Å². The molecule has 1 saturated heterocycles. The zero-order valence-corrected chi connectivity index (χ0v) is 21.8. The molecule has 192 valence electrons. The number of Topliss-reactive ketones (excluding diaryl/α,β-unsaturated/α-hetero) is 1. The Morgan fingerprint density at radius 2 is 1.72 bits per heavy atom. The van der Waals surface area contributed by atoms with Gasteiger partial charge in [0.1, 0.15) is 18.1 Å². The van der Waals surface area contributed by atoms with Crippen LogP contribution in [0.15, 0.2) is 103 Å². The molecular weight excluding hydrogens is 510 g/mol. The number of carbonyl (C=O) groups is 2. The zero-order chi connectivity index (χ0) is 26.9. The molecule has 3 heterocycles. The van der Waals surface area contributed by atoms with Gasteiger partial charge in [0.15, 0.2) is 5.13 Å².